The van der Waals surface area contributed by atoms with Crippen LogP contribution in [0.4, 0.5) is 5.82 Å². The number of thioether (sulfide) groups is 1. The summed E-state index contributed by atoms with van der Waals surface area (Å²) in [4.78, 5) is 0. The Morgan fingerprint density at radius 1 is 1.40 bits per heavy atom. The molecule has 0 aliphatic carbocycles. The van der Waals surface area contributed by atoms with Crippen molar-refractivity contribution in [3.63, 3.8) is 0 Å². The van der Waals surface area contributed by atoms with E-state index in [2.05, 4.69) is 19.0 Å². The lowest BCUT2D eigenvalue weighted by Crippen LogP contribution is -2.09. The van der Waals surface area contributed by atoms with Crippen molar-refractivity contribution in [1.82, 2.24) is 5.16 Å². The smallest absolute Gasteiger partial charge is 0.170 e. The molecule has 84 valence electrons. The van der Waals surface area contributed by atoms with Gasteiger partial charge in [0.05, 0.1) is 0 Å². The average molecular weight is 226 g/mol. The highest BCUT2D eigenvalue weighted by atomic mass is 32.2. The van der Waals surface area contributed by atoms with E-state index < -0.39 is 0 Å². The van der Waals surface area contributed by atoms with Gasteiger partial charge < -0.3 is 10.3 Å². The Bertz CT molecular complexity index is 329. The molecule has 0 unspecified atom stereocenters. The molecule has 1 saturated heterocycles. The maximum atomic E-state index is 5.84. The molecular formula is C11H18N2OS. The Balaban J connectivity index is 2.26. The molecule has 0 bridgehead atoms. The molecule has 4 heteroatoms. The molecule has 1 aliphatic heterocycles. The predicted molar refractivity (Wildman–Crippen MR) is 64.3 cm³/mol. The minimum absolute atomic E-state index is 0.404. The summed E-state index contributed by atoms with van der Waals surface area (Å²) in [5, 5.41) is 3.91. The van der Waals surface area contributed by atoms with Crippen molar-refractivity contribution in [3.05, 3.63) is 11.3 Å². The zero-order valence-corrected chi connectivity index (χ0v) is 10.1. The summed E-state index contributed by atoms with van der Waals surface area (Å²) in [7, 11) is 0. The van der Waals surface area contributed by atoms with E-state index >= 15 is 0 Å². The van der Waals surface area contributed by atoms with Gasteiger partial charge >= 0.3 is 0 Å². The third kappa shape index (κ3) is 2.14. The second-order valence-electron chi connectivity index (χ2n) is 4.39. The Morgan fingerprint density at radius 2 is 2.07 bits per heavy atom. The van der Waals surface area contributed by atoms with E-state index in [0.29, 0.717) is 17.7 Å². The average Bonchev–Trinajstić information content (AvgIpc) is 2.61. The van der Waals surface area contributed by atoms with Crippen LogP contribution in [-0.2, 0) is 0 Å². The van der Waals surface area contributed by atoms with Gasteiger partial charge in [0.2, 0.25) is 0 Å². The third-order valence-electron chi connectivity index (χ3n) is 2.95. The van der Waals surface area contributed by atoms with Gasteiger partial charge in [0.1, 0.15) is 5.76 Å². The van der Waals surface area contributed by atoms with Gasteiger partial charge in [0.15, 0.2) is 5.82 Å². The number of nitrogen functional groups attached to an aromatic ring is 1. The van der Waals surface area contributed by atoms with Crippen molar-refractivity contribution in [3.8, 4) is 0 Å². The molecule has 2 N–H and O–H groups in total. The molecular weight excluding hydrogens is 208 g/mol. The quantitative estimate of drug-likeness (QED) is 0.842. The summed E-state index contributed by atoms with van der Waals surface area (Å²) in [5.41, 5.74) is 6.97. The summed E-state index contributed by atoms with van der Waals surface area (Å²) in [5.74, 6) is 5.02. The molecule has 0 spiro atoms. The number of nitrogens with zero attached hydrogens (tertiary/aromatic N) is 1. The number of hydrogen-bond acceptors (Lipinski definition) is 4. The Labute approximate surface area is 94.8 Å². The molecule has 1 aliphatic rings. The van der Waals surface area contributed by atoms with Gasteiger partial charge in [-0.05, 0) is 30.3 Å². The lowest BCUT2D eigenvalue weighted by atomic mass is 9.92. The second-order valence-corrected chi connectivity index (χ2v) is 5.61. The standard InChI is InChI=1S/C11H18N2OS/c1-7(2)9-10(14-13-11(9)12)8-3-5-15-6-4-8/h7-8H,3-6H2,1-2H3,(H2,12,13). The predicted octanol–water partition coefficient (Wildman–Crippen LogP) is 2.99. The topological polar surface area (TPSA) is 52.0 Å². The van der Waals surface area contributed by atoms with E-state index in [4.69, 9.17) is 10.3 Å². The first-order chi connectivity index (χ1) is 7.20. The fourth-order valence-electron chi connectivity index (χ4n) is 2.16. The molecule has 0 amide bonds. The summed E-state index contributed by atoms with van der Waals surface area (Å²) >= 11 is 2.02. The van der Waals surface area contributed by atoms with E-state index in [0.717, 1.165) is 11.3 Å². The van der Waals surface area contributed by atoms with E-state index in [9.17, 15) is 0 Å². The number of anilines is 1. The Morgan fingerprint density at radius 3 is 2.67 bits per heavy atom. The van der Waals surface area contributed by atoms with Crippen LogP contribution < -0.4 is 5.73 Å². The van der Waals surface area contributed by atoms with E-state index in [-0.39, 0.29) is 0 Å². The van der Waals surface area contributed by atoms with Crippen LogP contribution in [0, 0.1) is 0 Å². The van der Waals surface area contributed by atoms with Gasteiger partial charge in [-0.25, -0.2) is 0 Å². The Hall–Kier alpha value is -0.640. The van der Waals surface area contributed by atoms with E-state index in [1.807, 2.05) is 11.8 Å². The largest absolute Gasteiger partial charge is 0.381 e. The summed E-state index contributed by atoms with van der Waals surface area (Å²) < 4.78 is 5.41. The highest BCUT2D eigenvalue weighted by Gasteiger charge is 2.26. The lowest BCUT2D eigenvalue weighted by Gasteiger charge is -2.20. The van der Waals surface area contributed by atoms with Gasteiger partial charge in [0, 0.05) is 11.5 Å². The van der Waals surface area contributed by atoms with E-state index in [1.54, 1.807) is 0 Å². The summed E-state index contributed by atoms with van der Waals surface area (Å²) in [6.07, 6.45) is 2.39. The molecule has 0 radical (unpaired) electrons. The zero-order chi connectivity index (χ0) is 10.8. The van der Waals surface area contributed by atoms with Crippen LogP contribution in [0.3, 0.4) is 0 Å². The second kappa shape index (κ2) is 4.47. The first kappa shape index (κ1) is 10.9. The number of nitrogens with two attached hydrogens (primary N) is 1. The fraction of sp³-hybridized carbons (Fsp3) is 0.727. The van der Waals surface area contributed by atoms with Crippen LogP contribution >= 0.6 is 11.8 Å². The van der Waals surface area contributed by atoms with Crippen molar-refractivity contribution in [1.29, 1.82) is 0 Å². The van der Waals surface area contributed by atoms with Crippen molar-refractivity contribution < 1.29 is 4.52 Å². The normalized spacial score (nSPS) is 18.6. The van der Waals surface area contributed by atoms with Crippen LogP contribution in [0.5, 0.6) is 0 Å². The van der Waals surface area contributed by atoms with Gasteiger partial charge in [-0.15, -0.1) is 0 Å². The molecule has 1 aromatic heterocycles. The van der Waals surface area contributed by atoms with Crippen LogP contribution in [0.15, 0.2) is 4.52 Å². The molecule has 1 fully saturated rings. The van der Waals surface area contributed by atoms with Gasteiger partial charge in [-0.3, -0.25) is 0 Å². The molecule has 15 heavy (non-hydrogen) atoms. The van der Waals surface area contributed by atoms with Gasteiger partial charge in [-0.1, -0.05) is 19.0 Å². The first-order valence-corrected chi connectivity index (χ1v) is 6.68. The maximum absolute atomic E-state index is 5.84. The number of rotatable bonds is 2. The highest BCUT2D eigenvalue weighted by Crippen LogP contribution is 2.37. The van der Waals surface area contributed by atoms with Crippen LogP contribution in [-0.4, -0.2) is 16.7 Å². The maximum Gasteiger partial charge on any atom is 0.170 e. The molecule has 0 saturated carbocycles. The first-order valence-electron chi connectivity index (χ1n) is 5.52. The van der Waals surface area contributed by atoms with Crippen molar-refractivity contribution in [2.75, 3.05) is 17.2 Å². The third-order valence-corrected chi connectivity index (χ3v) is 4.00. The molecule has 0 atom stereocenters. The van der Waals surface area contributed by atoms with Crippen molar-refractivity contribution in [2.45, 2.75) is 38.5 Å². The molecule has 3 nitrogen and oxygen atoms in total. The molecule has 0 aromatic carbocycles. The molecule has 1 aromatic rings. The number of hydrogen-bond donors (Lipinski definition) is 1. The SMILES string of the molecule is CC(C)c1c(N)noc1C1CCSCC1. The zero-order valence-electron chi connectivity index (χ0n) is 9.32. The molecule has 2 rings (SSSR count). The van der Waals surface area contributed by atoms with Crippen molar-refractivity contribution in [2.24, 2.45) is 0 Å². The fourth-order valence-corrected chi connectivity index (χ4v) is 3.26. The van der Waals surface area contributed by atoms with Crippen LogP contribution in [0.2, 0.25) is 0 Å². The van der Waals surface area contributed by atoms with Gasteiger partial charge in [0.25, 0.3) is 0 Å². The lowest BCUT2D eigenvalue weighted by molar-refractivity contribution is 0.351. The minimum atomic E-state index is 0.404. The summed E-state index contributed by atoms with van der Waals surface area (Å²) in [6.45, 7) is 4.29. The minimum Gasteiger partial charge on any atom is -0.381 e. The van der Waals surface area contributed by atoms with Crippen LogP contribution in [0.25, 0.3) is 0 Å². The van der Waals surface area contributed by atoms with Gasteiger partial charge in [-0.2, -0.15) is 11.8 Å². The highest BCUT2D eigenvalue weighted by molar-refractivity contribution is 7.99. The summed E-state index contributed by atoms with van der Waals surface area (Å²) in [6, 6.07) is 0. The van der Waals surface area contributed by atoms with Crippen LogP contribution in [0.1, 0.15) is 49.8 Å². The monoisotopic (exact) mass is 226 g/mol. The number of aromatic nitrogens is 1. The Kier molecular flexibility index (Phi) is 3.24. The van der Waals surface area contributed by atoms with E-state index in [1.165, 1.54) is 24.3 Å². The van der Waals surface area contributed by atoms with Crippen molar-refractivity contribution >= 4 is 17.6 Å². The molecule has 2 heterocycles.